The van der Waals surface area contributed by atoms with Crippen molar-refractivity contribution in [3.05, 3.63) is 59.8 Å². The SMILES string of the molecule is CN(C)COc1ccc([NH+]([O-])c2ccccc2)cc1. The topological polar surface area (TPSA) is 40.0 Å². The third-order valence-electron chi connectivity index (χ3n) is 2.64. The summed E-state index contributed by atoms with van der Waals surface area (Å²) in [7, 11) is 3.88. The molecule has 0 saturated heterocycles. The zero-order valence-corrected chi connectivity index (χ0v) is 11.2. The molecule has 0 spiro atoms. The molecule has 0 saturated carbocycles. The summed E-state index contributed by atoms with van der Waals surface area (Å²) < 4.78 is 5.52. The molecular formula is C15H18N2O2. The van der Waals surface area contributed by atoms with E-state index in [1.54, 1.807) is 12.1 Å². The lowest BCUT2D eigenvalue weighted by atomic mass is 10.2. The number of quaternary nitrogens is 1. The third-order valence-corrected chi connectivity index (χ3v) is 2.64. The lowest BCUT2D eigenvalue weighted by molar-refractivity contribution is -0.698. The molecule has 1 atom stereocenters. The quantitative estimate of drug-likeness (QED) is 0.658. The first-order valence-corrected chi connectivity index (χ1v) is 6.14. The van der Waals surface area contributed by atoms with E-state index in [9.17, 15) is 5.21 Å². The Bertz CT molecular complexity index is 497. The van der Waals surface area contributed by atoms with Crippen LogP contribution in [0.3, 0.4) is 0 Å². The Kier molecular flexibility index (Phi) is 4.52. The van der Waals surface area contributed by atoms with Crippen molar-refractivity contribution in [1.82, 2.24) is 4.90 Å². The molecule has 1 unspecified atom stereocenters. The number of benzene rings is 2. The fourth-order valence-corrected chi connectivity index (χ4v) is 1.66. The number of nitrogens with zero attached hydrogens (tertiary/aromatic N) is 1. The summed E-state index contributed by atoms with van der Waals surface area (Å²) in [6, 6.07) is 16.5. The first-order chi connectivity index (χ1) is 9.16. The average molecular weight is 258 g/mol. The highest BCUT2D eigenvalue weighted by molar-refractivity contribution is 5.40. The maximum absolute atomic E-state index is 12.2. The highest BCUT2D eigenvalue weighted by atomic mass is 16.5. The number of hydrogen-bond donors (Lipinski definition) is 1. The van der Waals surface area contributed by atoms with Gasteiger partial charge in [-0.05, 0) is 38.4 Å². The predicted molar refractivity (Wildman–Crippen MR) is 75.7 cm³/mol. The molecular weight excluding hydrogens is 240 g/mol. The maximum atomic E-state index is 12.2. The van der Waals surface area contributed by atoms with Crippen LogP contribution in [0.1, 0.15) is 0 Å². The van der Waals surface area contributed by atoms with Crippen LogP contribution in [0.25, 0.3) is 0 Å². The Morgan fingerprint density at radius 3 is 2.11 bits per heavy atom. The van der Waals surface area contributed by atoms with Gasteiger partial charge < -0.3 is 15.0 Å². The summed E-state index contributed by atoms with van der Waals surface area (Å²) in [5.41, 5.74) is 1.37. The number of ether oxygens (including phenoxy) is 1. The van der Waals surface area contributed by atoms with Gasteiger partial charge >= 0.3 is 0 Å². The van der Waals surface area contributed by atoms with E-state index < -0.39 is 0 Å². The molecule has 19 heavy (non-hydrogen) atoms. The molecule has 0 aliphatic carbocycles. The maximum Gasteiger partial charge on any atom is 0.141 e. The number of para-hydroxylation sites is 1. The van der Waals surface area contributed by atoms with Crippen molar-refractivity contribution in [2.45, 2.75) is 0 Å². The van der Waals surface area contributed by atoms with Crippen molar-refractivity contribution in [3.8, 4) is 5.75 Å². The van der Waals surface area contributed by atoms with E-state index in [1.165, 1.54) is 0 Å². The second-order valence-electron chi connectivity index (χ2n) is 4.57. The zero-order valence-electron chi connectivity index (χ0n) is 11.2. The van der Waals surface area contributed by atoms with Crippen LogP contribution in [0.4, 0.5) is 11.4 Å². The normalized spacial score (nSPS) is 12.4. The van der Waals surface area contributed by atoms with Gasteiger partial charge in [-0.2, -0.15) is 0 Å². The number of rotatable bonds is 5. The Labute approximate surface area is 113 Å². The van der Waals surface area contributed by atoms with Gasteiger partial charge in [0.25, 0.3) is 0 Å². The summed E-state index contributed by atoms with van der Waals surface area (Å²) in [5, 5.41) is 12.2. The van der Waals surface area contributed by atoms with Gasteiger partial charge in [-0.15, -0.1) is 0 Å². The highest BCUT2D eigenvalue weighted by Crippen LogP contribution is 2.14. The summed E-state index contributed by atoms with van der Waals surface area (Å²) >= 11 is 0. The minimum Gasteiger partial charge on any atom is -0.623 e. The molecule has 4 nitrogen and oxygen atoms in total. The standard InChI is InChI=1S/C15H18N2O2/c1-16(2)12-19-15-10-8-14(9-11-15)17(18)13-6-4-3-5-7-13/h3-11,17H,12H2,1-2H3. The lowest BCUT2D eigenvalue weighted by Gasteiger charge is -2.21. The summed E-state index contributed by atoms with van der Waals surface area (Å²) in [4.78, 5) is 1.93. The van der Waals surface area contributed by atoms with E-state index in [0.29, 0.717) is 18.1 Å². The van der Waals surface area contributed by atoms with Crippen molar-refractivity contribution in [2.24, 2.45) is 0 Å². The van der Waals surface area contributed by atoms with Crippen molar-refractivity contribution >= 4 is 11.4 Å². The minimum atomic E-state index is 0.0276. The molecule has 0 bridgehead atoms. The fraction of sp³-hybridized carbons (Fsp3) is 0.200. The molecule has 0 aromatic heterocycles. The van der Waals surface area contributed by atoms with Crippen LogP contribution in [-0.2, 0) is 0 Å². The molecule has 0 amide bonds. The van der Waals surface area contributed by atoms with Crippen LogP contribution in [-0.4, -0.2) is 25.7 Å². The molecule has 0 aliphatic rings. The Balaban J connectivity index is 2.06. The highest BCUT2D eigenvalue weighted by Gasteiger charge is 2.06. The predicted octanol–water partition coefficient (Wildman–Crippen LogP) is 1.93. The second-order valence-corrected chi connectivity index (χ2v) is 4.57. The monoisotopic (exact) mass is 258 g/mol. The second kappa shape index (κ2) is 6.33. The molecule has 0 fully saturated rings. The van der Waals surface area contributed by atoms with E-state index in [0.717, 1.165) is 5.75 Å². The lowest BCUT2D eigenvalue weighted by Crippen LogP contribution is -2.96. The van der Waals surface area contributed by atoms with Crippen LogP contribution in [0.2, 0.25) is 0 Å². The zero-order chi connectivity index (χ0) is 13.7. The van der Waals surface area contributed by atoms with Gasteiger partial charge in [-0.3, -0.25) is 4.90 Å². The van der Waals surface area contributed by atoms with Crippen LogP contribution in [0.5, 0.6) is 5.75 Å². The Morgan fingerprint density at radius 2 is 1.53 bits per heavy atom. The number of nitrogens with one attached hydrogen (secondary N) is 1. The van der Waals surface area contributed by atoms with Crippen LogP contribution in [0.15, 0.2) is 54.6 Å². The smallest absolute Gasteiger partial charge is 0.141 e. The van der Waals surface area contributed by atoms with E-state index in [-0.39, 0.29) is 5.06 Å². The van der Waals surface area contributed by atoms with Gasteiger partial charge in [0.05, 0.1) is 0 Å². The summed E-state index contributed by atoms with van der Waals surface area (Å²) in [6.07, 6.45) is 0. The van der Waals surface area contributed by atoms with Crippen molar-refractivity contribution < 1.29 is 9.80 Å². The molecule has 2 aromatic carbocycles. The summed E-state index contributed by atoms with van der Waals surface area (Å²) in [6.45, 7) is 0.520. The first kappa shape index (κ1) is 13.5. The van der Waals surface area contributed by atoms with Gasteiger partial charge in [0.1, 0.15) is 23.9 Å². The fourth-order valence-electron chi connectivity index (χ4n) is 1.66. The van der Waals surface area contributed by atoms with Gasteiger partial charge in [-0.1, -0.05) is 18.2 Å². The number of hydrogen-bond acceptors (Lipinski definition) is 3. The van der Waals surface area contributed by atoms with E-state index in [2.05, 4.69) is 0 Å². The van der Waals surface area contributed by atoms with Crippen LogP contribution in [0, 0.1) is 5.21 Å². The molecule has 0 radical (unpaired) electrons. The van der Waals surface area contributed by atoms with E-state index in [4.69, 9.17) is 4.74 Å². The molecule has 2 aromatic rings. The van der Waals surface area contributed by atoms with Gasteiger partial charge in [0.15, 0.2) is 0 Å². The van der Waals surface area contributed by atoms with E-state index in [1.807, 2.05) is 61.5 Å². The largest absolute Gasteiger partial charge is 0.623 e. The first-order valence-electron chi connectivity index (χ1n) is 6.14. The molecule has 0 heterocycles. The van der Waals surface area contributed by atoms with Crippen molar-refractivity contribution in [1.29, 1.82) is 0 Å². The van der Waals surface area contributed by atoms with Crippen molar-refractivity contribution in [3.63, 3.8) is 0 Å². The molecule has 2 rings (SSSR count). The summed E-state index contributed by atoms with van der Waals surface area (Å²) in [5.74, 6) is 0.762. The third kappa shape index (κ3) is 3.79. The van der Waals surface area contributed by atoms with Gasteiger partial charge in [0.2, 0.25) is 0 Å². The van der Waals surface area contributed by atoms with Crippen LogP contribution >= 0.6 is 0 Å². The average Bonchev–Trinajstić information content (AvgIpc) is 2.46. The molecule has 100 valence electrons. The molecule has 0 aliphatic heterocycles. The Morgan fingerprint density at radius 1 is 0.947 bits per heavy atom. The van der Waals surface area contributed by atoms with E-state index >= 15 is 0 Å². The van der Waals surface area contributed by atoms with Gasteiger partial charge in [0, 0.05) is 12.1 Å². The Hall–Kier alpha value is -1.88. The molecule has 1 N–H and O–H groups in total. The van der Waals surface area contributed by atoms with Crippen LogP contribution < -0.4 is 9.80 Å². The molecule has 4 heteroatoms. The van der Waals surface area contributed by atoms with Gasteiger partial charge in [-0.25, -0.2) is 0 Å². The minimum absolute atomic E-state index is 0.0276. The van der Waals surface area contributed by atoms with Crippen molar-refractivity contribution in [2.75, 3.05) is 20.8 Å².